The molecule has 2 rings (SSSR count). The molecule has 4 N–H and O–H groups in total. The molecule has 0 saturated heterocycles. The number of nitrogens with two attached hydrogens (primary N) is 1. The van der Waals surface area contributed by atoms with E-state index in [2.05, 4.69) is 10.6 Å². The number of hydrogen-bond donors (Lipinski definition) is 3. The summed E-state index contributed by atoms with van der Waals surface area (Å²) in [5, 5.41) is 5.44. The third-order valence-electron chi connectivity index (χ3n) is 3.99. The molecule has 0 saturated carbocycles. The highest BCUT2D eigenvalue weighted by molar-refractivity contribution is 6.33. The van der Waals surface area contributed by atoms with E-state index in [-0.39, 0.29) is 16.6 Å². The first-order valence-corrected chi connectivity index (χ1v) is 8.71. The number of nitrogens with one attached hydrogen (secondary N) is 2. The molecule has 2 aromatic carbocycles. The molecule has 2 amide bonds. The lowest BCUT2D eigenvalue weighted by Crippen LogP contribution is -2.39. The van der Waals surface area contributed by atoms with Gasteiger partial charge in [-0.3, -0.25) is 9.59 Å². The summed E-state index contributed by atoms with van der Waals surface area (Å²) in [5.41, 5.74) is 5.26. The minimum atomic E-state index is -4.51. The van der Waals surface area contributed by atoms with Crippen LogP contribution in [-0.4, -0.2) is 17.9 Å². The van der Waals surface area contributed by atoms with Crippen LogP contribution in [0.3, 0.4) is 0 Å². The van der Waals surface area contributed by atoms with Crippen LogP contribution in [0.15, 0.2) is 42.5 Å². The number of carbonyl (C=O) groups excluding carboxylic acids is 2. The monoisotopic (exact) mass is 413 g/mol. The van der Waals surface area contributed by atoms with Crippen LogP contribution >= 0.6 is 11.6 Å². The van der Waals surface area contributed by atoms with Gasteiger partial charge in [-0.25, -0.2) is 0 Å². The number of benzene rings is 2. The van der Waals surface area contributed by atoms with Crippen molar-refractivity contribution < 1.29 is 22.8 Å². The van der Waals surface area contributed by atoms with Gasteiger partial charge in [0.25, 0.3) is 0 Å². The molecule has 1 atom stereocenters. The standard InChI is InChI=1S/C19H19ClF3N3O2/c1-10(2)16(18(28)25-13-6-3-11(4-7-13)17(24)27)26-15-8-5-12(9-14(15)20)19(21,22)23/h3-10,16,26H,1-2H3,(H2,24,27)(H,25,28)/t16-/m0/s1. The van der Waals surface area contributed by atoms with Crippen LogP contribution in [0.25, 0.3) is 0 Å². The van der Waals surface area contributed by atoms with E-state index < -0.39 is 29.6 Å². The molecule has 0 spiro atoms. The molecule has 0 unspecified atom stereocenters. The number of carbonyl (C=O) groups is 2. The molecular formula is C19H19ClF3N3O2. The lowest BCUT2D eigenvalue weighted by Gasteiger charge is -2.24. The van der Waals surface area contributed by atoms with Gasteiger partial charge in [0, 0.05) is 11.3 Å². The zero-order valence-corrected chi connectivity index (χ0v) is 15.9. The van der Waals surface area contributed by atoms with Gasteiger partial charge in [0.2, 0.25) is 11.8 Å². The lowest BCUT2D eigenvalue weighted by atomic mass is 10.0. The highest BCUT2D eigenvalue weighted by Crippen LogP contribution is 2.34. The molecule has 0 aliphatic carbocycles. The maximum Gasteiger partial charge on any atom is 0.416 e. The fourth-order valence-electron chi connectivity index (χ4n) is 2.45. The van der Waals surface area contributed by atoms with Crippen LogP contribution < -0.4 is 16.4 Å². The van der Waals surface area contributed by atoms with Crippen molar-refractivity contribution in [1.29, 1.82) is 0 Å². The minimum Gasteiger partial charge on any atom is -0.372 e. The summed E-state index contributed by atoms with van der Waals surface area (Å²) in [7, 11) is 0. The molecule has 0 aliphatic rings. The third-order valence-corrected chi connectivity index (χ3v) is 4.31. The van der Waals surface area contributed by atoms with E-state index in [1.54, 1.807) is 13.8 Å². The van der Waals surface area contributed by atoms with Gasteiger partial charge in [-0.05, 0) is 48.4 Å². The largest absolute Gasteiger partial charge is 0.416 e. The van der Waals surface area contributed by atoms with Crippen LogP contribution in [0.2, 0.25) is 5.02 Å². The van der Waals surface area contributed by atoms with Crippen LogP contribution in [0, 0.1) is 5.92 Å². The summed E-state index contributed by atoms with van der Waals surface area (Å²) in [6, 6.07) is 8.14. The number of amides is 2. The molecule has 9 heteroatoms. The van der Waals surface area contributed by atoms with Crippen molar-refractivity contribution in [2.24, 2.45) is 11.7 Å². The van der Waals surface area contributed by atoms with Crippen LogP contribution in [-0.2, 0) is 11.0 Å². The number of halogens is 4. The molecular weight excluding hydrogens is 395 g/mol. The molecule has 150 valence electrons. The van der Waals surface area contributed by atoms with E-state index in [4.69, 9.17) is 17.3 Å². The molecule has 0 fully saturated rings. The molecule has 5 nitrogen and oxygen atoms in total. The van der Waals surface area contributed by atoms with E-state index in [1.807, 2.05) is 0 Å². The Labute approximate surface area is 165 Å². The summed E-state index contributed by atoms with van der Waals surface area (Å²) < 4.78 is 38.3. The Balaban J connectivity index is 2.16. The minimum absolute atomic E-state index is 0.140. The Bertz CT molecular complexity index is 868. The van der Waals surface area contributed by atoms with Gasteiger partial charge >= 0.3 is 6.18 Å². The van der Waals surface area contributed by atoms with Gasteiger partial charge in [-0.2, -0.15) is 13.2 Å². The second kappa shape index (κ2) is 8.52. The van der Waals surface area contributed by atoms with E-state index in [1.165, 1.54) is 30.3 Å². The zero-order chi connectivity index (χ0) is 21.1. The number of rotatable bonds is 6. The summed E-state index contributed by atoms with van der Waals surface area (Å²) in [4.78, 5) is 23.7. The van der Waals surface area contributed by atoms with Crippen molar-refractivity contribution in [3.63, 3.8) is 0 Å². The molecule has 0 bridgehead atoms. The smallest absolute Gasteiger partial charge is 0.372 e. The topological polar surface area (TPSA) is 84.2 Å². The molecule has 0 heterocycles. The second-order valence-corrected chi connectivity index (χ2v) is 6.90. The first-order chi connectivity index (χ1) is 13.0. The van der Waals surface area contributed by atoms with Gasteiger partial charge in [0.1, 0.15) is 6.04 Å². The molecule has 0 radical (unpaired) electrons. The quantitative estimate of drug-likeness (QED) is 0.650. The summed E-state index contributed by atoms with van der Waals surface area (Å²) in [5.74, 6) is -1.18. The molecule has 28 heavy (non-hydrogen) atoms. The summed E-state index contributed by atoms with van der Waals surface area (Å²) in [6.07, 6.45) is -4.51. The average Bonchev–Trinajstić information content (AvgIpc) is 2.59. The SMILES string of the molecule is CC(C)[C@H](Nc1ccc(C(F)(F)F)cc1Cl)C(=O)Nc1ccc(C(N)=O)cc1. The Kier molecular flexibility index (Phi) is 6.56. The third kappa shape index (κ3) is 5.39. The summed E-state index contributed by atoms with van der Waals surface area (Å²) >= 11 is 5.96. The normalized spacial score (nSPS) is 12.5. The van der Waals surface area contributed by atoms with Gasteiger partial charge in [0.05, 0.1) is 16.3 Å². The maximum atomic E-state index is 12.8. The maximum absolute atomic E-state index is 12.8. The van der Waals surface area contributed by atoms with Gasteiger partial charge in [-0.15, -0.1) is 0 Å². The predicted molar refractivity (Wildman–Crippen MR) is 102 cm³/mol. The Morgan fingerprint density at radius 2 is 1.68 bits per heavy atom. The summed E-state index contributed by atoms with van der Waals surface area (Å²) in [6.45, 7) is 3.57. The first kappa shape index (κ1) is 21.6. The van der Waals surface area contributed by atoms with Crippen molar-refractivity contribution in [2.75, 3.05) is 10.6 Å². The van der Waals surface area contributed by atoms with E-state index in [0.29, 0.717) is 11.3 Å². The number of alkyl halides is 3. The fraction of sp³-hybridized carbons (Fsp3) is 0.263. The van der Waals surface area contributed by atoms with Crippen molar-refractivity contribution in [3.05, 3.63) is 58.6 Å². The number of primary amides is 1. The highest BCUT2D eigenvalue weighted by atomic mass is 35.5. The average molecular weight is 414 g/mol. The lowest BCUT2D eigenvalue weighted by molar-refractivity contribution is -0.137. The van der Waals surface area contributed by atoms with Crippen LogP contribution in [0.5, 0.6) is 0 Å². The fourth-order valence-corrected chi connectivity index (χ4v) is 2.68. The predicted octanol–water partition coefficient (Wildman–Crippen LogP) is 4.53. The van der Waals surface area contributed by atoms with Gasteiger partial charge in [-0.1, -0.05) is 25.4 Å². The van der Waals surface area contributed by atoms with E-state index in [9.17, 15) is 22.8 Å². The number of anilines is 2. The van der Waals surface area contributed by atoms with Crippen molar-refractivity contribution >= 4 is 34.8 Å². The van der Waals surface area contributed by atoms with Gasteiger partial charge in [0.15, 0.2) is 0 Å². The Hall–Kier alpha value is -2.74. The second-order valence-electron chi connectivity index (χ2n) is 6.49. The van der Waals surface area contributed by atoms with Crippen LogP contribution in [0.1, 0.15) is 29.8 Å². The molecule has 0 aliphatic heterocycles. The van der Waals surface area contributed by atoms with Crippen molar-refractivity contribution in [3.8, 4) is 0 Å². The van der Waals surface area contributed by atoms with E-state index in [0.717, 1.165) is 12.1 Å². The zero-order valence-electron chi connectivity index (χ0n) is 15.1. The first-order valence-electron chi connectivity index (χ1n) is 8.33. The highest BCUT2D eigenvalue weighted by Gasteiger charge is 2.31. The van der Waals surface area contributed by atoms with Gasteiger partial charge < -0.3 is 16.4 Å². The molecule has 0 aromatic heterocycles. The van der Waals surface area contributed by atoms with Crippen molar-refractivity contribution in [1.82, 2.24) is 0 Å². The van der Waals surface area contributed by atoms with Crippen LogP contribution in [0.4, 0.5) is 24.5 Å². The van der Waals surface area contributed by atoms with Crippen molar-refractivity contribution in [2.45, 2.75) is 26.1 Å². The number of hydrogen-bond acceptors (Lipinski definition) is 3. The Morgan fingerprint density at radius 1 is 1.07 bits per heavy atom. The molecule has 2 aromatic rings. The Morgan fingerprint density at radius 3 is 2.14 bits per heavy atom. The van der Waals surface area contributed by atoms with E-state index >= 15 is 0 Å².